The number of hydrogen-bond donors (Lipinski definition) is 1. The highest BCUT2D eigenvalue weighted by atomic mass is 35.5. The van der Waals surface area contributed by atoms with Crippen molar-refractivity contribution in [1.82, 2.24) is 5.32 Å². The van der Waals surface area contributed by atoms with Gasteiger partial charge in [0, 0.05) is 17.7 Å². The van der Waals surface area contributed by atoms with Gasteiger partial charge >= 0.3 is 0 Å². The molecule has 21 heavy (non-hydrogen) atoms. The zero-order valence-corrected chi connectivity index (χ0v) is 14.0. The fraction of sp³-hybridized carbons (Fsp3) is 0.647. The molecule has 0 aromatic heterocycles. The minimum absolute atomic E-state index is 0.182. The minimum Gasteiger partial charge on any atom is -0.375 e. The first-order chi connectivity index (χ1) is 10.3. The van der Waals surface area contributed by atoms with Crippen molar-refractivity contribution < 1.29 is 4.74 Å². The predicted molar refractivity (Wildman–Crippen MR) is 91.4 cm³/mol. The minimum atomic E-state index is 0.182. The highest BCUT2D eigenvalue weighted by Crippen LogP contribution is 2.37. The lowest BCUT2D eigenvalue weighted by Crippen LogP contribution is -2.49. The zero-order valence-electron chi connectivity index (χ0n) is 12.4. The van der Waals surface area contributed by atoms with Crippen molar-refractivity contribution in [1.29, 1.82) is 0 Å². The molecule has 116 valence electrons. The molecule has 4 heteroatoms. The number of halogens is 1. The number of benzene rings is 1. The van der Waals surface area contributed by atoms with Crippen LogP contribution in [0.4, 0.5) is 0 Å². The molecule has 1 spiro atoms. The lowest BCUT2D eigenvalue weighted by atomic mass is 9.85. The van der Waals surface area contributed by atoms with Gasteiger partial charge in [0.2, 0.25) is 0 Å². The van der Waals surface area contributed by atoms with Gasteiger partial charge in [0.15, 0.2) is 0 Å². The van der Waals surface area contributed by atoms with Gasteiger partial charge in [0.05, 0.1) is 5.60 Å². The maximum absolute atomic E-state index is 6.15. The summed E-state index contributed by atoms with van der Waals surface area (Å²) in [6.45, 7) is 1.96. The van der Waals surface area contributed by atoms with Crippen molar-refractivity contribution in [2.45, 2.75) is 43.7 Å². The molecule has 2 nitrogen and oxygen atoms in total. The SMILES string of the molecule is Clc1ccc(CCNC2CCOC3(CCSCC3)C2)cc1. The van der Waals surface area contributed by atoms with Gasteiger partial charge in [-0.3, -0.25) is 0 Å². The monoisotopic (exact) mass is 325 g/mol. The lowest BCUT2D eigenvalue weighted by molar-refractivity contribution is -0.0930. The largest absolute Gasteiger partial charge is 0.375 e. The summed E-state index contributed by atoms with van der Waals surface area (Å²) in [7, 11) is 0. The molecule has 0 bridgehead atoms. The van der Waals surface area contributed by atoms with E-state index in [1.165, 1.54) is 36.3 Å². The van der Waals surface area contributed by atoms with E-state index in [1.807, 2.05) is 12.1 Å². The van der Waals surface area contributed by atoms with Crippen LogP contribution in [0.5, 0.6) is 0 Å². The maximum Gasteiger partial charge on any atom is 0.0713 e. The van der Waals surface area contributed by atoms with Gasteiger partial charge < -0.3 is 10.1 Å². The van der Waals surface area contributed by atoms with Gasteiger partial charge in [0.1, 0.15) is 0 Å². The summed E-state index contributed by atoms with van der Waals surface area (Å²) in [5, 5.41) is 4.55. The van der Waals surface area contributed by atoms with Crippen LogP contribution in [0.2, 0.25) is 5.02 Å². The average molecular weight is 326 g/mol. The third kappa shape index (κ3) is 4.38. The summed E-state index contributed by atoms with van der Waals surface area (Å²) in [6.07, 6.45) is 5.86. The first-order valence-corrected chi connectivity index (χ1v) is 9.49. The van der Waals surface area contributed by atoms with E-state index < -0.39 is 0 Å². The van der Waals surface area contributed by atoms with Crippen molar-refractivity contribution in [3.05, 3.63) is 34.9 Å². The van der Waals surface area contributed by atoms with Gasteiger partial charge in [-0.15, -0.1) is 0 Å². The molecule has 0 amide bonds. The Morgan fingerprint density at radius 3 is 2.76 bits per heavy atom. The first kappa shape index (κ1) is 15.7. The molecule has 2 heterocycles. The molecule has 0 radical (unpaired) electrons. The fourth-order valence-electron chi connectivity index (χ4n) is 3.37. The van der Waals surface area contributed by atoms with Crippen molar-refractivity contribution in [3.63, 3.8) is 0 Å². The molecule has 2 aliphatic heterocycles. The second-order valence-corrected chi connectivity index (χ2v) is 7.83. The second-order valence-electron chi connectivity index (χ2n) is 6.16. The van der Waals surface area contributed by atoms with E-state index >= 15 is 0 Å². The molecule has 3 rings (SSSR count). The lowest BCUT2D eigenvalue weighted by Gasteiger charge is -2.43. The topological polar surface area (TPSA) is 21.3 Å². The molecule has 2 aliphatic rings. The third-order valence-electron chi connectivity index (χ3n) is 4.66. The van der Waals surface area contributed by atoms with Gasteiger partial charge in [-0.25, -0.2) is 0 Å². The molecule has 2 saturated heterocycles. The summed E-state index contributed by atoms with van der Waals surface area (Å²) < 4.78 is 6.15. The number of thioether (sulfide) groups is 1. The summed E-state index contributed by atoms with van der Waals surface area (Å²) in [6, 6.07) is 8.80. The molecule has 1 aromatic rings. The van der Waals surface area contributed by atoms with Crippen LogP contribution in [0.1, 0.15) is 31.2 Å². The van der Waals surface area contributed by atoms with Crippen molar-refractivity contribution in [2.24, 2.45) is 0 Å². The normalized spacial score (nSPS) is 25.1. The van der Waals surface area contributed by atoms with E-state index in [4.69, 9.17) is 16.3 Å². The Hall–Kier alpha value is -0.220. The van der Waals surface area contributed by atoms with Crippen LogP contribution in [-0.4, -0.2) is 36.3 Å². The smallest absolute Gasteiger partial charge is 0.0713 e. The molecule has 1 aromatic carbocycles. The molecule has 1 atom stereocenters. The van der Waals surface area contributed by atoms with Crippen LogP contribution in [-0.2, 0) is 11.2 Å². The van der Waals surface area contributed by atoms with Crippen LogP contribution in [0.25, 0.3) is 0 Å². The summed E-state index contributed by atoms with van der Waals surface area (Å²) in [5.41, 5.74) is 1.53. The Bertz CT molecular complexity index is 439. The van der Waals surface area contributed by atoms with Crippen molar-refractivity contribution in [3.8, 4) is 0 Å². The van der Waals surface area contributed by atoms with Gasteiger partial charge in [-0.05, 0) is 67.9 Å². The quantitative estimate of drug-likeness (QED) is 0.906. The molecule has 2 fully saturated rings. The van der Waals surface area contributed by atoms with Crippen molar-refractivity contribution in [2.75, 3.05) is 24.7 Å². The number of hydrogen-bond acceptors (Lipinski definition) is 3. The van der Waals surface area contributed by atoms with Crippen LogP contribution < -0.4 is 5.32 Å². The molecule has 1 unspecified atom stereocenters. The van der Waals surface area contributed by atoms with Crippen molar-refractivity contribution >= 4 is 23.4 Å². The van der Waals surface area contributed by atoms with Gasteiger partial charge in [-0.2, -0.15) is 11.8 Å². The standard InChI is InChI=1S/C17H24ClNOS/c18-15-3-1-14(2-4-15)5-9-19-16-6-10-20-17(13-16)7-11-21-12-8-17/h1-4,16,19H,5-13H2. The van der Waals surface area contributed by atoms with E-state index in [0.29, 0.717) is 6.04 Å². The Labute approximate surface area is 137 Å². The summed E-state index contributed by atoms with van der Waals surface area (Å²) in [4.78, 5) is 0. The Morgan fingerprint density at radius 2 is 2.00 bits per heavy atom. The third-order valence-corrected chi connectivity index (χ3v) is 5.89. The maximum atomic E-state index is 6.15. The number of rotatable bonds is 4. The molecule has 1 N–H and O–H groups in total. The Kier molecular flexibility index (Phi) is 5.49. The van der Waals surface area contributed by atoms with Crippen LogP contribution in [0, 0.1) is 0 Å². The fourth-order valence-corrected chi connectivity index (χ4v) is 4.73. The Balaban J connectivity index is 1.45. The van der Waals surface area contributed by atoms with Crippen LogP contribution >= 0.6 is 23.4 Å². The number of nitrogens with one attached hydrogen (secondary N) is 1. The molecular formula is C17H24ClNOS. The summed E-state index contributed by atoms with van der Waals surface area (Å²) in [5.74, 6) is 2.52. The van der Waals surface area contributed by atoms with Gasteiger partial charge in [0.25, 0.3) is 0 Å². The zero-order chi connectivity index (χ0) is 14.5. The van der Waals surface area contributed by atoms with E-state index in [0.717, 1.165) is 31.0 Å². The highest BCUT2D eigenvalue weighted by Gasteiger charge is 2.38. The van der Waals surface area contributed by atoms with E-state index in [1.54, 1.807) is 0 Å². The number of ether oxygens (including phenoxy) is 1. The molecular weight excluding hydrogens is 302 g/mol. The first-order valence-electron chi connectivity index (χ1n) is 7.95. The molecule has 0 aliphatic carbocycles. The van der Waals surface area contributed by atoms with Crippen LogP contribution in [0.3, 0.4) is 0 Å². The predicted octanol–water partition coefficient (Wildman–Crippen LogP) is 3.92. The van der Waals surface area contributed by atoms with E-state index in [9.17, 15) is 0 Å². The van der Waals surface area contributed by atoms with Crippen LogP contribution in [0.15, 0.2) is 24.3 Å². The Morgan fingerprint density at radius 1 is 1.24 bits per heavy atom. The average Bonchev–Trinajstić information content (AvgIpc) is 2.50. The summed E-state index contributed by atoms with van der Waals surface area (Å²) >= 11 is 7.99. The molecule has 0 saturated carbocycles. The van der Waals surface area contributed by atoms with E-state index in [2.05, 4.69) is 29.2 Å². The second kappa shape index (κ2) is 7.36. The van der Waals surface area contributed by atoms with E-state index in [-0.39, 0.29) is 5.60 Å². The highest BCUT2D eigenvalue weighted by molar-refractivity contribution is 7.99. The van der Waals surface area contributed by atoms with Gasteiger partial charge in [-0.1, -0.05) is 23.7 Å².